The zero-order valence-electron chi connectivity index (χ0n) is 15.8. The van der Waals surface area contributed by atoms with Crippen LogP contribution in [-0.2, 0) is 4.89 Å². The van der Waals surface area contributed by atoms with Gasteiger partial charge in [-0.3, -0.25) is 15.4 Å². The fourth-order valence-corrected chi connectivity index (χ4v) is 2.64. The summed E-state index contributed by atoms with van der Waals surface area (Å²) in [5, 5.41) is 13.7. The van der Waals surface area contributed by atoms with Gasteiger partial charge in [0.25, 0.3) is 0 Å². The van der Waals surface area contributed by atoms with Crippen molar-refractivity contribution in [3.8, 4) is 11.1 Å². The third-order valence-corrected chi connectivity index (χ3v) is 4.23. The fourth-order valence-electron chi connectivity index (χ4n) is 2.64. The van der Waals surface area contributed by atoms with E-state index in [2.05, 4.69) is 25.5 Å². The van der Waals surface area contributed by atoms with E-state index < -0.39 is 6.03 Å². The Labute approximate surface area is 167 Å². The zero-order chi connectivity index (χ0) is 20.6. The number of Topliss-reactive ketones (excluding diaryl/α,β-unsaturated/α-hetero) is 1. The average Bonchev–Trinajstić information content (AvgIpc) is 2.74. The highest BCUT2D eigenvalue weighted by molar-refractivity contribution is 5.99. The van der Waals surface area contributed by atoms with Gasteiger partial charge in [-0.25, -0.2) is 19.7 Å². The molecule has 3 N–H and O–H groups in total. The van der Waals surface area contributed by atoms with Crippen LogP contribution in [0.2, 0.25) is 0 Å². The van der Waals surface area contributed by atoms with Crippen molar-refractivity contribution in [2.24, 2.45) is 0 Å². The molecule has 0 saturated carbocycles. The molecule has 2 aromatic carbocycles. The summed E-state index contributed by atoms with van der Waals surface area (Å²) >= 11 is 0. The molecule has 0 unspecified atom stereocenters. The SMILES string of the molecule is Cc1ccccc1NC(=O)Nc1ncc(-c2ccc(C(=O)CCOO)cc2)cn1. The minimum absolute atomic E-state index is 0.0414. The summed E-state index contributed by atoms with van der Waals surface area (Å²) in [6.45, 7) is 1.86. The number of benzene rings is 2. The number of hydrogen-bond acceptors (Lipinski definition) is 6. The Hall–Kier alpha value is -3.62. The van der Waals surface area contributed by atoms with Crippen molar-refractivity contribution in [3.05, 3.63) is 72.1 Å². The van der Waals surface area contributed by atoms with Crippen molar-refractivity contribution in [2.45, 2.75) is 13.3 Å². The molecule has 2 amide bonds. The van der Waals surface area contributed by atoms with Crippen LogP contribution in [0, 0.1) is 6.92 Å². The monoisotopic (exact) mass is 392 g/mol. The molecule has 0 radical (unpaired) electrons. The van der Waals surface area contributed by atoms with E-state index in [0.29, 0.717) is 11.3 Å². The third kappa shape index (κ3) is 5.44. The van der Waals surface area contributed by atoms with Crippen LogP contribution in [0.15, 0.2) is 60.9 Å². The molecule has 0 atom stereocenters. The highest BCUT2D eigenvalue weighted by Gasteiger charge is 2.09. The van der Waals surface area contributed by atoms with Crippen molar-refractivity contribution in [1.82, 2.24) is 9.97 Å². The Morgan fingerprint density at radius 1 is 0.966 bits per heavy atom. The van der Waals surface area contributed by atoms with E-state index in [1.54, 1.807) is 36.7 Å². The van der Waals surface area contributed by atoms with Gasteiger partial charge in [-0.1, -0.05) is 42.5 Å². The first kappa shape index (κ1) is 20.1. The number of amides is 2. The topological polar surface area (TPSA) is 113 Å². The van der Waals surface area contributed by atoms with Gasteiger partial charge in [0.1, 0.15) is 0 Å². The minimum atomic E-state index is -0.429. The molecule has 8 heteroatoms. The summed E-state index contributed by atoms with van der Waals surface area (Å²) in [6, 6.07) is 14.0. The molecule has 0 spiro atoms. The Morgan fingerprint density at radius 3 is 2.31 bits per heavy atom. The van der Waals surface area contributed by atoms with Crippen LogP contribution in [-0.4, -0.2) is 33.6 Å². The highest BCUT2D eigenvalue weighted by atomic mass is 17.1. The molecule has 29 heavy (non-hydrogen) atoms. The van der Waals surface area contributed by atoms with Crippen molar-refractivity contribution in [3.63, 3.8) is 0 Å². The molecule has 0 saturated heterocycles. The maximum atomic E-state index is 12.1. The van der Waals surface area contributed by atoms with Gasteiger partial charge < -0.3 is 5.32 Å². The first-order valence-electron chi connectivity index (χ1n) is 8.92. The zero-order valence-corrected chi connectivity index (χ0v) is 15.8. The number of carbonyl (C=O) groups excluding carboxylic acids is 2. The Morgan fingerprint density at radius 2 is 1.66 bits per heavy atom. The molecule has 0 bridgehead atoms. The number of carbonyl (C=O) groups is 2. The van der Waals surface area contributed by atoms with E-state index in [1.165, 1.54) is 0 Å². The molecule has 148 valence electrons. The highest BCUT2D eigenvalue weighted by Crippen LogP contribution is 2.20. The van der Waals surface area contributed by atoms with Crippen molar-refractivity contribution < 1.29 is 19.7 Å². The summed E-state index contributed by atoms with van der Waals surface area (Å²) in [7, 11) is 0. The third-order valence-electron chi connectivity index (χ3n) is 4.23. The molecular weight excluding hydrogens is 372 g/mol. The van der Waals surface area contributed by atoms with Gasteiger partial charge in [0, 0.05) is 35.6 Å². The number of ketones is 1. The molecule has 3 rings (SSSR count). The second-order valence-corrected chi connectivity index (χ2v) is 6.27. The van der Waals surface area contributed by atoms with E-state index >= 15 is 0 Å². The van der Waals surface area contributed by atoms with Crippen LogP contribution in [0.4, 0.5) is 16.4 Å². The number of nitrogens with one attached hydrogen (secondary N) is 2. The van der Waals surface area contributed by atoms with Gasteiger partial charge in [0.15, 0.2) is 5.78 Å². The maximum absolute atomic E-state index is 12.1. The molecule has 3 aromatic rings. The molecule has 1 heterocycles. The average molecular weight is 392 g/mol. The molecule has 0 aliphatic carbocycles. The number of urea groups is 1. The lowest BCUT2D eigenvalue weighted by Gasteiger charge is -2.09. The van der Waals surface area contributed by atoms with Gasteiger partial charge >= 0.3 is 6.03 Å². The summed E-state index contributed by atoms with van der Waals surface area (Å²) in [5.41, 5.74) is 3.76. The number of aryl methyl sites for hydroxylation is 1. The van der Waals surface area contributed by atoms with Crippen molar-refractivity contribution in [1.29, 1.82) is 0 Å². The number of aromatic nitrogens is 2. The van der Waals surface area contributed by atoms with Gasteiger partial charge in [0.2, 0.25) is 5.95 Å². The first-order valence-corrected chi connectivity index (χ1v) is 8.92. The standard InChI is InChI=1S/C21H20N4O4/c1-14-4-2-3-5-18(14)24-21(27)25-20-22-12-17(13-23-20)15-6-8-16(9-7-15)19(26)10-11-29-28/h2-9,12-13,28H,10-11H2,1H3,(H2,22,23,24,25,27). The molecule has 0 fully saturated rings. The number of hydrogen-bond donors (Lipinski definition) is 3. The fraction of sp³-hybridized carbons (Fsp3) is 0.143. The summed E-state index contributed by atoms with van der Waals surface area (Å²) in [5.74, 6) is 0.0525. The number of anilines is 2. The molecular formula is C21H20N4O4. The normalized spacial score (nSPS) is 10.4. The Balaban J connectivity index is 1.62. The van der Waals surface area contributed by atoms with E-state index in [1.807, 2.05) is 31.2 Å². The van der Waals surface area contributed by atoms with Gasteiger partial charge in [-0.2, -0.15) is 0 Å². The lowest BCUT2D eigenvalue weighted by molar-refractivity contribution is -0.240. The Kier molecular flexibility index (Phi) is 6.62. The van der Waals surface area contributed by atoms with Gasteiger partial charge in [0.05, 0.1) is 6.61 Å². The quantitative estimate of drug-likeness (QED) is 0.316. The van der Waals surface area contributed by atoms with Crippen LogP contribution in [0.1, 0.15) is 22.3 Å². The second-order valence-electron chi connectivity index (χ2n) is 6.27. The van der Waals surface area contributed by atoms with E-state index in [0.717, 1.165) is 16.7 Å². The number of rotatable bonds is 7. The summed E-state index contributed by atoms with van der Waals surface area (Å²) < 4.78 is 0. The van der Waals surface area contributed by atoms with Crippen molar-refractivity contribution in [2.75, 3.05) is 17.2 Å². The van der Waals surface area contributed by atoms with E-state index in [9.17, 15) is 9.59 Å². The van der Waals surface area contributed by atoms with E-state index in [4.69, 9.17) is 5.26 Å². The minimum Gasteiger partial charge on any atom is -0.307 e. The van der Waals surface area contributed by atoms with Crippen LogP contribution < -0.4 is 10.6 Å². The van der Waals surface area contributed by atoms with Crippen LogP contribution in [0.25, 0.3) is 11.1 Å². The smallest absolute Gasteiger partial charge is 0.307 e. The Bertz CT molecular complexity index is 988. The molecule has 1 aromatic heterocycles. The van der Waals surface area contributed by atoms with Crippen LogP contribution in [0.5, 0.6) is 0 Å². The molecule has 0 aliphatic heterocycles. The molecule has 0 aliphatic rings. The second kappa shape index (κ2) is 9.54. The largest absolute Gasteiger partial charge is 0.326 e. The van der Waals surface area contributed by atoms with Gasteiger partial charge in [-0.15, -0.1) is 0 Å². The first-order chi connectivity index (χ1) is 14.1. The number of nitrogens with zero attached hydrogens (tertiary/aromatic N) is 2. The van der Waals surface area contributed by atoms with E-state index in [-0.39, 0.29) is 24.8 Å². The molecule has 8 nitrogen and oxygen atoms in total. The predicted octanol–water partition coefficient (Wildman–Crippen LogP) is 4.16. The number of para-hydroxylation sites is 1. The summed E-state index contributed by atoms with van der Waals surface area (Å²) in [6.07, 6.45) is 3.28. The lowest BCUT2D eigenvalue weighted by atomic mass is 10.0. The predicted molar refractivity (Wildman–Crippen MR) is 109 cm³/mol. The van der Waals surface area contributed by atoms with Gasteiger partial charge in [-0.05, 0) is 24.1 Å². The van der Waals surface area contributed by atoms with Crippen molar-refractivity contribution >= 4 is 23.5 Å². The van der Waals surface area contributed by atoms with Crippen LogP contribution >= 0.6 is 0 Å². The lowest BCUT2D eigenvalue weighted by Crippen LogP contribution is -2.21. The maximum Gasteiger partial charge on any atom is 0.326 e. The van der Waals surface area contributed by atoms with Crippen LogP contribution in [0.3, 0.4) is 0 Å². The summed E-state index contributed by atoms with van der Waals surface area (Å²) in [4.78, 5) is 36.3.